The molecule has 0 radical (unpaired) electrons. The van der Waals surface area contributed by atoms with Gasteiger partial charge in [0.2, 0.25) is 0 Å². The van der Waals surface area contributed by atoms with Crippen LogP contribution in [0.25, 0.3) is 5.73 Å². The van der Waals surface area contributed by atoms with Crippen LogP contribution >= 0.6 is 0 Å². The fourth-order valence-electron chi connectivity index (χ4n) is 0. The summed E-state index contributed by atoms with van der Waals surface area (Å²) in [6.45, 7) is 0. The first kappa shape index (κ1) is 8.96. The predicted molar refractivity (Wildman–Crippen MR) is 13.2 cm³/mol. The predicted octanol–water partition coefficient (Wildman–Crippen LogP) is -0.00990. The maximum atomic E-state index is 8.42. The van der Waals surface area contributed by atoms with Crippen molar-refractivity contribution in [2.75, 3.05) is 7.05 Å². The molecular weight excluding hydrogens is 117 g/mol. The molecule has 4 heteroatoms. The second-order valence-electron chi connectivity index (χ2n) is 0.0577. The van der Waals surface area contributed by atoms with Gasteiger partial charge in [-0.1, -0.05) is 0 Å². The van der Waals surface area contributed by atoms with Gasteiger partial charge in [0.15, 0.2) is 0 Å². The molecule has 5 heavy (non-hydrogen) atoms. The third-order valence-electron chi connectivity index (χ3n) is 0. The second-order valence-corrected chi connectivity index (χ2v) is 0.238. The van der Waals surface area contributed by atoms with E-state index in [2.05, 4.69) is 0 Å². The Balaban J connectivity index is 0. The van der Waals surface area contributed by atoms with E-state index in [-0.39, 0.29) is 0 Å². The molecule has 0 bridgehead atoms. The molecule has 0 saturated carbocycles. The third kappa shape index (κ3) is 453. The van der Waals surface area contributed by atoms with E-state index in [0.29, 0.717) is 0 Å². The van der Waals surface area contributed by atoms with Gasteiger partial charge in [0.25, 0.3) is 0 Å². The average molecular weight is 122 g/mol. The monoisotopic (exact) mass is 121 g/mol. The average Bonchev–Trinajstić information content (AvgIpc) is 1.46. The summed E-state index contributed by atoms with van der Waals surface area (Å²) in [5.41, 5.74) is 5.75. The van der Waals surface area contributed by atoms with Crippen molar-refractivity contribution >= 4 is 0 Å². The van der Waals surface area contributed by atoms with E-state index in [1.54, 1.807) is 0 Å². The zero-order valence-corrected chi connectivity index (χ0v) is 3.66. The Kier molecular flexibility index (Phi) is 53.0. The molecule has 0 aliphatic carbocycles. The molecule has 0 saturated heterocycles. The minimum atomic E-state index is -0.625. The number of hydrogen-bond acceptors (Lipinski definition) is 1. The van der Waals surface area contributed by atoms with Crippen LogP contribution in [0.5, 0.6) is 0 Å². The van der Waals surface area contributed by atoms with Crippen molar-refractivity contribution in [2.24, 2.45) is 0 Å². The molecule has 0 unspecified atom stereocenters. The first-order valence-corrected chi connectivity index (χ1v) is 1.62. The standard InChI is InChI=1S/CH4N.Ni.H2O.O/c1-2;;;/h2H,1H3;;1H2;/q-1;+1;;/p-1. The van der Waals surface area contributed by atoms with Gasteiger partial charge < -0.3 is 5.73 Å². The SMILES string of the molecule is C[NH-].[O]=[Ni][OH]. The summed E-state index contributed by atoms with van der Waals surface area (Å²) >= 11 is -0.625. The van der Waals surface area contributed by atoms with Gasteiger partial charge in [-0.15, -0.1) is 0 Å². The van der Waals surface area contributed by atoms with Gasteiger partial charge >= 0.3 is 22.8 Å². The Hall–Kier alpha value is 0.214. The molecule has 3 nitrogen and oxygen atoms in total. The Morgan fingerprint density at radius 3 is 1.80 bits per heavy atom. The fraction of sp³-hybridized carbons (Fsp3) is 1.00. The second kappa shape index (κ2) is 29.5. The van der Waals surface area contributed by atoms with Crippen LogP contribution in [0.3, 0.4) is 0 Å². The molecule has 37 valence electrons. The van der Waals surface area contributed by atoms with Crippen LogP contribution in [0.2, 0.25) is 0 Å². The van der Waals surface area contributed by atoms with Gasteiger partial charge in [-0.3, -0.25) is 0 Å². The summed E-state index contributed by atoms with van der Waals surface area (Å²) in [5, 5.41) is 0. The molecule has 2 N–H and O–H groups in total. The first-order chi connectivity index (χ1) is 2.41. The molecular formula is CH5NNiO2-. The summed E-state index contributed by atoms with van der Waals surface area (Å²) in [4.78, 5) is 0. The molecule has 0 heterocycles. The molecule has 0 amide bonds. The van der Waals surface area contributed by atoms with E-state index in [1.807, 2.05) is 0 Å². The Bertz CT molecular complexity index is 17.1. The van der Waals surface area contributed by atoms with Crippen LogP contribution in [-0.2, 0) is 18.6 Å². The summed E-state index contributed by atoms with van der Waals surface area (Å²) in [5.74, 6) is 0. The van der Waals surface area contributed by atoms with Crippen molar-refractivity contribution in [1.29, 1.82) is 0 Å². The van der Waals surface area contributed by atoms with E-state index < -0.39 is 14.7 Å². The van der Waals surface area contributed by atoms with Crippen molar-refractivity contribution in [3.63, 3.8) is 0 Å². The normalized spacial score (nSPS) is 5.40. The zero-order valence-electron chi connectivity index (χ0n) is 2.67. The molecule has 0 spiro atoms. The van der Waals surface area contributed by atoms with Crippen molar-refractivity contribution in [3.05, 3.63) is 5.73 Å². The molecule has 0 aromatic heterocycles. The van der Waals surface area contributed by atoms with Crippen LogP contribution in [0.15, 0.2) is 0 Å². The van der Waals surface area contributed by atoms with Crippen molar-refractivity contribution in [3.8, 4) is 0 Å². The number of rotatable bonds is 0. The first-order valence-electron chi connectivity index (χ1n) is 0.771. The molecule has 0 aromatic rings. The molecule has 0 fully saturated rings. The van der Waals surface area contributed by atoms with Gasteiger partial charge in [-0.2, -0.15) is 7.05 Å². The fourth-order valence-corrected chi connectivity index (χ4v) is 0. The van der Waals surface area contributed by atoms with Gasteiger partial charge in [-0.25, -0.2) is 0 Å². The maximum absolute atomic E-state index is 8.42. The van der Waals surface area contributed by atoms with Crippen LogP contribution in [0.1, 0.15) is 0 Å². The number of hydrogen-bond donors (Lipinski definition) is 1. The topological polar surface area (TPSA) is 61.1 Å². The van der Waals surface area contributed by atoms with E-state index >= 15 is 0 Å². The Labute approximate surface area is 36.5 Å². The van der Waals surface area contributed by atoms with Crippen molar-refractivity contribution in [1.82, 2.24) is 0 Å². The van der Waals surface area contributed by atoms with Crippen molar-refractivity contribution in [2.45, 2.75) is 0 Å². The summed E-state index contributed by atoms with van der Waals surface area (Å²) < 4.78 is 15.4. The summed E-state index contributed by atoms with van der Waals surface area (Å²) in [6, 6.07) is 0. The molecule has 0 aliphatic heterocycles. The van der Waals surface area contributed by atoms with E-state index in [4.69, 9.17) is 13.9 Å². The zero-order chi connectivity index (χ0) is 4.71. The minimum absolute atomic E-state index is 0.625. The van der Waals surface area contributed by atoms with E-state index in [1.165, 1.54) is 7.05 Å². The van der Waals surface area contributed by atoms with Crippen LogP contribution in [0.4, 0.5) is 0 Å². The van der Waals surface area contributed by atoms with Crippen LogP contribution < -0.4 is 0 Å². The Morgan fingerprint density at radius 2 is 1.80 bits per heavy atom. The molecule has 0 aromatic carbocycles. The van der Waals surface area contributed by atoms with Gasteiger partial charge in [-0.05, 0) is 0 Å². The number of nitrogens with one attached hydrogen (secondary N) is 1. The van der Waals surface area contributed by atoms with Crippen LogP contribution in [-0.4, -0.2) is 11.3 Å². The summed E-state index contributed by atoms with van der Waals surface area (Å²) in [7, 11) is 1.25. The van der Waals surface area contributed by atoms with Gasteiger partial charge in [0.1, 0.15) is 0 Å². The van der Waals surface area contributed by atoms with Gasteiger partial charge in [0, 0.05) is 0 Å². The Morgan fingerprint density at radius 1 is 1.80 bits per heavy atom. The van der Waals surface area contributed by atoms with Crippen LogP contribution in [0, 0.1) is 0 Å². The van der Waals surface area contributed by atoms with E-state index in [0.717, 1.165) is 0 Å². The van der Waals surface area contributed by atoms with Gasteiger partial charge in [0.05, 0.1) is 0 Å². The van der Waals surface area contributed by atoms with Crippen molar-refractivity contribution < 1.29 is 22.8 Å². The third-order valence-corrected chi connectivity index (χ3v) is 0. The molecule has 0 rings (SSSR count). The summed E-state index contributed by atoms with van der Waals surface area (Å²) in [6.07, 6.45) is 0. The molecule has 0 aliphatic rings. The van der Waals surface area contributed by atoms with E-state index in [9.17, 15) is 0 Å². The molecule has 0 atom stereocenters. The quantitative estimate of drug-likeness (QED) is 0.459.